The van der Waals surface area contributed by atoms with Crippen molar-refractivity contribution in [1.82, 2.24) is 14.5 Å². The summed E-state index contributed by atoms with van der Waals surface area (Å²) in [6, 6.07) is 34.0. The molecule has 0 unspecified atom stereocenters. The van der Waals surface area contributed by atoms with Crippen LogP contribution in [-0.4, -0.2) is 14.5 Å². The van der Waals surface area contributed by atoms with Crippen LogP contribution < -0.4 is 4.74 Å². The number of ether oxygens (including phenoxy) is 1. The summed E-state index contributed by atoms with van der Waals surface area (Å²) < 4.78 is 8.35. The zero-order valence-corrected chi connectivity index (χ0v) is 26.5. The maximum atomic E-state index is 6.15. The third kappa shape index (κ3) is 5.72. The molecule has 0 amide bonds. The van der Waals surface area contributed by atoms with Crippen molar-refractivity contribution in [3.05, 3.63) is 115 Å². The molecule has 3 aromatic heterocycles. The number of para-hydroxylation sites is 1. The third-order valence-electron chi connectivity index (χ3n) is 7.30. The topological polar surface area (TPSA) is 39.9 Å². The van der Waals surface area contributed by atoms with Crippen molar-refractivity contribution in [1.29, 1.82) is 0 Å². The molecule has 0 saturated heterocycles. The Kier molecular flexibility index (Phi) is 7.65. The largest absolute Gasteiger partial charge is 2.00 e. The molecule has 0 saturated carbocycles. The average molecular weight is 719 g/mol. The predicted octanol–water partition coefficient (Wildman–Crippen LogP) is 9.23. The summed E-state index contributed by atoms with van der Waals surface area (Å²) in [5.74, 6) is 2.05. The van der Waals surface area contributed by atoms with E-state index >= 15 is 0 Å². The number of benzene rings is 3. The Morgan fingerprint density at radius 1 is 0.683 bits per heavy atom. The predicted molar refractivity (Wildman–Crippen MR) is 163 cm³/mol. The summed E-state index contributed by atoms with van der Waals surface area (Å²) in [4.78, 5) is 9.31. The van der Waals surface area contributed by atoms with Crippen LogP contribution in [0, 0.1) is 12.1 Å². The number of fused-ring (bicyclic) bond motifs is 3. The van der Waals surface area contributed by atoms with Crippen molar-refractivity contribution in [2.45, 2.75) is 52.4 Å². The Hall–Kier alpha value is -3.75. The van der Waals surface area contributed by atoms with Crippen LogP contribution in [-0.2, 0) is 31.9 Å². The fourth-order valence-corrected chi connectivity index (χ4v) is 4.96. The molecule has 0 atom stereocenters. The summed E-state index contributed by atoms with van der Waals surface area (Å²) >= 11 is 0. The van der Waals surface area contributed by atoms with E-state index in [0.29, 0.717) is 11.6 Å². The molecule has 6 aromatic rings. The van der Waals surface area contributed by atoms with E-state index < -0.39 is 0 Å². The maximum Gasteiger partial charge on any atom is 2.00 e. The molecule has 208 valence electrons. The van der Waals surface area contributed by atoms with Gasteiger partial charge in [0.25, 0.3) is 0 Å². The first-order chi connectivity index (χ1) is 19.1. The first-order valence-electron chi connectivity index (χ1n) is 13.7. The van der Waals surface area contributed by atoms with Crippen LogP contribution in [0.4, 0.5) is 0 Å². The van der Waals surface area contributed by atoms with Crippen molar-refractivity contribution < 1.29 is 25.8 Å². The van der Waals surface area contributed by atoms with E-state index in [1.54, 1.807) is 6.20 Å². The first-order valence-corrected chi connectivity index (χ1v) is 13.7. The maximum absolute atomic E-state index is 6.15. The van der Waals surface area contributed by atoms with Crippen LogP contribution in [0.3, 0.4) is 0 Å². The van der Waals surface area contributed by atoms with Crippen molar-refractivity contribution in [3.8, 4) is 28.6 Å². The van der Waals surface area contributed by atoms with E-state index in [2.05, 4.69) is 112 Å². The minimum Gasteiger partial charge on any atom is -0.460 e. The van der Waals surface area contributed by atoms with E-state index in [9.17, 15) is 0 Å². The third-order valence-corrected chi connectivity index (χ3v) is 7.30. The molecular weight excluding hydrogens is 685 g/mol. The number of nitrogens with zero attached hydrogens (tertiary/aromatic N) is 3. The van der Waals surface area contributed by atoms with Gasteiger partial charge in [0.1, 0.15) is 5.82 Å². The van der Waals surface area contributed by atoms with Gasteiger partial charge in [-0.2, -0.15) is 24.3 Å². The first kappa shape index (κ1) is 28.8. The zero-order chi connectivity index (χ0) is 28.1. The van der Waals surface area contributed by atoms with Gasteiger partial charge in [-0.05, 0) is 51.1 Å². The van der Waals surface area contributed by atoms with Crippen LogP contribution in [0.25, 0.3) is 38.8 Å². The van der Waals surface area contributed by atoms with E-state index in [1.807, 2.05) is 36.5 Å². The molecule has 0 bridgehead atoms. The van der Waals surface area contributed by atoms with Gasteiger partial charge in [0, 0.05) is 29.7 Å². The van der Waals surface area contributed by atoms with Crippen LogP contribution in [0.5, 0.6) is 11.6 Å². The average Bonchev–Trinajstić information content (AvgIpc) is 3.26. The minimum absolute atomic E-state index is 0. The van der Waals surface area contributed by atoms with Crippen LogP contribution >= 0.6 is 0 Å². The van der Waals surface area contributed by atoms with Gasteiger partial charge in [-0.3, -0.25) is 0 Å². The molecule has 0 aliphatic heterocycles. The number of hydrogen-bond donors (Lipinski definition) is 0. The van der Waals surface area contributed by atoms with Crippen molar-refractivity contribution in [2.75, 3.05) is 0 Å². The molecule has 0 N–H and O–H groups in total. The number of pyridine rings is 2. The van der Waals surface area contributed by atoms with E-state index in [0.717, 1.165) is 33.4 Å². The molecule has 6 rings (SSSR count). The number of hydrogen-bond acceptors (Lipinski definition) is 3. The Morgan fingerprint density at radius 2 is 1.44 bits per heavy atom. The van der Waals surface area contributed by atoms with Gasteiger partial charge >= 0.3 is 21.1 Å². The van der Waals surface area contributed by atoms with Crippen molar-refractivity contribution in [3.63, 3.8) is 0 Å². The molecule has 0 spiro atoms. The van der Waals surface area contributed by atoms with Gasteiger partial charge in [-0.25, -0.2) is 21.1 Å². The second-order valence-corrected chi connectivity index (χ2v) is 12.3. The minimum atomic E-state index is 0. The second-order valence-electron chi connectivity index (χ2n) is 12.3. The molecule has 0 aliphatic rings. The standard InChI is InChI=1S/C36H33N3O.Pt/c1-35(2,3)26-18-19-37-34(22-26)40-28-11-9-10-24(20-28)25-14-16-30-29-12-7-8-13-31(29)39(32(30)21-25)33-17-15-27(23-38-33)36(4,5)6;/h7-19,22-23H,1-6H3;/q-2;+2. The molecular formula is C36H33N3OPt. The Morgan fingerprint density at radius 3 is 2.17 bits per heavy atom. The Balaban J connectivity index is 0.00000337. The second kappa shape index (κ2) is 10.9. The number of rotatable bonds is 4. The fourth-order valence-electron chi connectivity index (χ4n) is 4.96. The van der Waals surface area contributed by atoms with E-state index in [4.69, 9.17) is 9.72 Å². The van der Waals surface area contributed by atoms with Crippen LogP contribution in [0.15, 0.2) is 91.3 Å². The summed E-state index contributed by atoms with van der Waals surface area (Å²) in [5, 5.41) is 2.31. The number of aromatic nitrogens is 3. The molecule has 41 heavy (non-hydrogen) atoms. The smallest absolute Gasteiger partial charge is 0.460 e. The molecule has 5 heteroatoms. The van der Waals surface area contributed by atoms with Crippen molar-refractivity contribution >= 4 is 21.8 Å². The monoisotopic (exact) mass is 718 g/mol. The summed E-state index contributed by atoms with van der Waals surface area (Å²) in [7, 11) is 0. The summed E-state index contributed by atoms with van der Waals surface area (Å²) in [5.41, 5.74) is 6.35. The normalized spacial score (nSPS) is 12.0. The van der Waals surface area contributed by atoms with Crippen LogP contribution in [0.2, 0.25) is 0 Å². The summed E-state index contributed by atoms with van der Waals surface area (Å²) in [6.45, 7) is 13.2. The quantitative estimate of drug-likeness (QED) is 0.171. The van der Waals surface area contributed by atoms with Gasteiger partial charge in [0.2, 0.25) is 5.88 Å². The Labute approximate surface area is 256 Å². The SMILES string of the molecule is CC(C)(C)c1ccc(-n2c3[c-]c(-c4[c-]c(Oc5cc(C(C)(C)C)ccn5)ccc4)ccc3c3ccccc32)nc1.[Pt+2]. The van der Waals surface area contributed by atoms with E-state index in [1.165, 1.54) is 16.5 Å². The molecule has 3 aromatic carbocycles. The van der Waals surface area contributed by atoms with Gasteiger partial charge in [0.05, 0.1) is 0 Å². The van der Waals surface area contributed by atoms with Crippen molar-refractivity contribution in [2.24, 2.45) is 0 Å². The molecule has 0 radical (unpaired) electrons. The summed E-state index contributed by atoms with van der Waals surface area (Å²) in [6.07, 6.45) is 3.78. The molecule has 0 fully saturated rings. The molecule has 4 nitrogen and oxygen atoms in total. The van der Waals surface area contributed by atoms with Gasteiger partial charge in [0.15, 0.2) is 0 Å². The van der Waals surface area contributed by atoms with Gasteiger partial charge in [-0.15, -0.1) is 18.2 Å². The van der Waals surface area contributed by atoms with E-state index in [-0.39, 0.29) is 31.9 Å². The van der Waals surface area contributed by atoms with Gasteiger partial charge in [-0.1, -0.05) is 71.2 Å². The molecule has 3 heterocycles. The van der Waals surface area contributed by atoms with Crippen LogP contribution in [0.1, 0.15) is 52.7 Å². The Bertz CT molecular complexity index is 1840. The zero-order valence-electron chi connectivity index (χ0n) is 24.2. The van der Waals surface area contributed by atoms with Gasteiger partial charge < -0.3 is 9.30 Å². The fraction of sp³-hybridized carbons (Fsp3) is 0.222. The molecule has 0 aliphatic carbocycles.